The van der Waals surface area contributed by atoms with Gasteiger partial charge in [-0.05, 0) is 56.8 Å². The van der Waals surface area contributed by atoms with Crippen molar-refractivity contribution in [1.82, 2.24) is 10.1 Å². The molecule has 1 N–H and O–H groups in total. The molecule has 0 radical (unpaired) electrons. The Bertz CT molecular complexity index is 648. The number of anilines is 1. The average Bonchev–Trinajstić information content (AvgIpc) is 2.85. The number of fused-ring (bicyclic) bond motifs is 1. The van der Waals surface area contributed by atoms with E-state index in [1.165, 1.54) is 43.9 Å². The molecule has 136 valence electrons. The van der Waals surface area contributed by atoms with E-state index >= 15 is 0 Å². The minimum Gasteiger partial charge on any atom is -0.360 e. The predicted octanol–water partition coefficient (Wildman–Crippen LogP) is 2.69. The molecule has 0 aromatic carbocycles. The molecule has 7 heteroatoms. The van der Waals surface area contributed by atoms with Crippen LogP contribution < -0.4 is 5.32 Å². The zero-order chi connectivity index (χ0) is 17.4. The van der Waals surface area contributed by atoms with Crippen LogP contribution in [0.1, 0.15) is 37.9 Å². The first-order chi connectivity index (χ1) is 12.1. The second-order valence-corrected chi connectivity index (χ2v) is 8.83. The number of carbonyl (C=O) groups is 2. The van der Waals surface area contributed by atoms with Crippen molar-refractivity contribution in [3.8, 4) is 0 Å². The summed E-state index contributed by atoms with van der Waals surface area (Å²) in [6, 6.07) is 2.12. The van der Waals surface area contributed by atoms with Gasteiger partial charge in [0.15, 0.2) is 5.82 Å². The van der Waals surface area contributed by atoms with Crippen molar-refractivity contribution in [3.05, 3.63) is 11.8 Å². The van der Waals surface area contributed by atoms with Crippen LogP contribution >= 0.6 is 11.8 Å². The first-order valence-corrected chi connectivity index (χ1v) is 10.3. The number of rotatable bonds is 5. The zero-order valence-electron chi connectivity index (χ0n) is 14.6. The number of amides is 2. The smallest absolute Gasteiger partial charge is 0.235 e. The molecule has 25 heavy (non-hydrogen) atoms. The fourth-order valence-corrected chi connectivity index (χ4v) is 5.71. The van der Waals surface area contributed by atoms with E-state index in [1.807, 2.05) is 0 Å². The van der Waals surface area contributed by atoms with Gasteiger partial charge in [-0.3, -0.25) is 9.59 Å². The van der Waals surface area contributed by atoms with Gasteiger partial charge >= 0.3 is 0 Å². The summed E-state index contributed by atoms with van der Waals surface area (Å²) in [6.45, 7) is 2.71. The monoisotopic (exact) mass is 363 g/mol. The maximum atomic E-state index is 12.7. The number of aryl methyl sites for hydroxylation is 1. The van der Waals surface area contributed by atoms with E-state index < -0.39 is 0 Å². The number of hydrogen-bond donors (Lipinski definition) is 1. The predicted molar refractivity (Wildman–Crippen MR) is 96.3 cm³/mol. The van der Waals surface area contributed by atoms with Gasteiger partial charge in [-0.1, -0.05) is 5.16 Å². The molecule has 1 aromatic rings. The first kappa shape index (κ1) is 16.9. The molecule has 1 aromatic heterocycles. The van der Waals surface area contributed by atoms with Gasteiger partial charge in [0.25, 0.3) is 0 Å². The van der Waals surface area contributed by atoms with Gasteiger partial charge in [0.05, 0.1) is 11.5 Å². The molecule has 5 rings (SSSR count). The lowest BCUT2D eigenvalue weighted by molar-refractivity contribution is -0.131. The lowest BCUT2D eigenvalue weighted by Crippen LogP contribution is -2.43. The zero-order valence-corrected chi connectivity index (χ0v) is 15.4. The van der Waals surface area contributed by atoms with Crippen molar-refractivity contribution >= 4 is 29.4 Å². The van der Waals surface area contributed by atoms with Gasteiger partial charge in [0, 0.05) is 18.7 Å². The topological polar surface area (TPSA) is 75.4 Å². The maximum absolute atomic E-state index is 12.7. The van der Waals surface area contributed by atoms with Crippen molar-refractivity contribution in [2.24, 2.45) is 17.8 Å². The van der Waals surface area contributed by atoms with Crippen LogP contribution in [0.5, 0.6) is 0 Å². The summed E-state index contributed by atoms with van der Waals surface area (Å²) in [7, 11) is 0. The standard InChI is InChI=1S/C18H25N3O3S/c1-11-2-16(20-24-11)19-17(22)9-25-10-18(23)21-8-14-4-12-3-13(5-14)7-15(21)6-12/h2,12-15H,3-10H2,1H3,(H,19,20,22)/t12-,13+,14?,15?. The normalized spacial score (nSPS) is 30.4. The van der Waals surface area contributed by atoms with Crippen molar-refractivity contribution in [3.63, 3.8) is 0 Å². The lowest BCUT2D eigenvalue weighted by Gasteiger charge is -2.39. The molecule has 4 atom stereocenters. The lowest BCUT2D eigenvalue weighted by atomic mass is 9.68. The molecule has 3 heterocycles. The van der Waals surface area contributed by atoms with Crippen LogP contribution in [0.25, 0.3) is 0 Å². The summed E-state index contributed by atoms with van der Waals surface area (Å²) in [5.41, 5.74) is 0. The highest BCUT2D eigenvalue weighted by atomic mass is 32.2. The second-order valence-electron chi connectivity index (χ2n) is 7.84. The van der Waals surface area contributed by atoms with E-state index in [4.69, 9.17) is 4.52 Å². The molecule has 2 amide bonds. The number of nitrogens with zero attached hydrogens (tertiary/aromatic N) is 2. The van der Waals surface area contributed by atoms with Crippen molar-refractivity contribution in [2.45, 2.75) is 45.1 Å². The van der Waals surface area contributed by atoms with Crippen molar-refractivity contribution in [2.75, 3.05) is 23.4 Å². The van der Waals surface area contributed by atoms with Crippen LogP contribution in [-0.4, -0.2) is 46.0 Å². The summed E-state index contributed by atoms with van der Waals surface area (Å²) in [5, 5.41) is 6.42. The molecular weight excluding hydrogens is 338 g/mol. The third-order valence-electron chi connectivity index (χ3n) is 5.78. The number of hydrogen-bond acceptors (Lipinski definition) is 5. The Morgan fingerprint density at radius 3 is 2.60 bits per heavy atom. The Morgan fingerprint density at radius 2 is 1.92 bits per heavy atom. The van der Waals surface area contributed by atoms with E-state index in [0.29, 0.717) is 29.3 Å². The number of thioether (sulfide) groups is 1. The Hall–Kier alpha value is -1.50. The van der Waals surface area contributed by atoms with Gasteiger partial charge in [-0.15, -0.1) is 11.8 Å². The van der Waals surface area contributed by atoms with E-state index in [0.717, 1.165) is 18.4 Å². The number of nitrogens with one attached hydrogen (secondary N) is 1. The van der Waals surface area contributed by atoms with Crippen LogP contribution in [0.4, 0.5) is 5.82 Å². The number of carbonyl (C=O) groups excluding carboxylic acids is 2. The van der Waals surface area contributed by atoms with E-state index in [1.54, 1.807) is 13.0 Å². The largest absolute Gasteiger partial charge is 0.360 e. The molecule has 0 spiro atoms. The summed E-state index contributed by atoms with van der Waals surface area (Å²) < 4.78 is 4.92. The molecule has 2 saturated heterocycles. The molecule has 4 bridgehead atoms. The Morgan fingerprint density at radius 1 is 1.20 bits per heavy atom. The molecule has 2 unspecified atom stereocenters. The average molecular weight is 363 g/mol. The second kappa shape index (κ2) is 7.02. The van der Waals surface area contributed by atoms with Gasteiger partial charge in [-0.2, -0.15) is 0 Å². The molecule has 6 nitrogen and oxygen atoms in total. The summed E-state index contributed by atoms with van der Waals surface area (Å²) in [5.74, 6) is 4.14. The Kier molecular flexibility index (Phi) is 4.75. The molecule has 2 saturated carbocycles. The fourth-order valence-electron chi connectivity index (χ4n) is 5.01. The van der Waals surface area contributed by atoms with Gasteiger partial charge in [-0.25, -0.2) is 0 Å². The van der Waals surface area contributed by atoms with Crippen LogP contribution in [-0.2, 0) is 9.59 Å². The third kappa shape index (κ3) is 3.86. The quantitative estimate of drug-likeness (QED) is 0.870. The highest BCUT2D eigenvalue weighted by Crippen LogP contribution is 2.47. The molecule has 2 aliphatic carbocycles. The van der Waals surface area contributed by atoms with Crippen LogP contribution in [0.2, 0.25) is 0 Å². The summed E-state index contributed by atoms with van der Waals surface area (Å²) in [4.78, 5) is 26.8. The van der Waals surface area contributed by atoms with Crippen LogP contribution in [0.3, 0.4) is 0 Å². The van der Waals surface area contributed by atoms with Gasteiger partial charge in [0.2, 0.25) is 11.8 Å². The van der Waals surface area contributed by atoms with Gasteiger partial charge < -0.3 is 14.7 Å². The SMILES string of the molecule is Cc1cc(NC(=O)CSCC(=O)N2CC3C[C@@H]4CC2C[C@H](C3)C4)no1. The minimum atomic E-state index is -0.151. The summed E-state index contributed by atoms with van der Waals surface area (Å²) >= 11 is 1.38. The number of aromatic nitrogens is 1. The van der Waals surface area contributed by atoms with Crippen molar-refractivity contribution < 1.29 is 14.1 Å². The minimum absolute atomic E-state index is 0.151. The molecule has 4 aliphatic rings. The van der Waals surface area contributed by atoms with Crippen LogP contribution in [0.15, 0.2) is 10.6 Å². The van der Waals surface area contributed by atoms with E-state index in [-0.39, 0.29) is 17.6 Å². The third-order valence-corrected chi connectivity index (χ3v) is 6.70. The van der Waals surface area contributed by atoms with Crippen molar-refractivity contribution in [1.29, 1.82) is 0 Å². The Labute approximate surface area is 152 Å². The highest BCUT2D eigenvalue weighted by Gasteiger charge is 2.43. The van der Waals surface area contributed by atoms with E-state index in [9.17, 15) is 9.59 Å². The molecule has 2 aliphatic heterocycles. The summed E-state index contributed by atoms with van der Waals surface area (Å²) in [6.07, 6.45) is 6.38. The van der Waals surface area contributed by atoms with E-state index in [2.05, 4.69) is 15.4 Å². The highest BCUT2D eigenvalue weighted by molar-refractivity contribution is 8.00. The Balaban J connectivity index is 1.25. The van der Waals surface area contributed by atoms with Gasteiger partial charge in [0.1, 0.15) is 5.76 Å². The molecule has 4 fully saturated rings. The first-order valence-electron chi connectivity index (χ1n) is 9.17. The maximum Gasteiger partial charge on any atom is 0.235 e. The molecular formula is C18H25N3O3S. The van der Waals surface area contributed by atoms with Crippen LogP contribution in [0, 0.1) is 24.7 Å². The fraction of sp³-hybridized carbons (Fsp3) is 0.722.